The highest BCUT2D eigenvalue weighted by Crippen LogP contribution is 2.34. The summed E-state index contributed by atoms with van der Waals surface area (Å²) in [5, 5.41) is 3.01. The van der Waals surface area contributed by atoms with Crippen molar-refractivity contribution < 1.29 is 18.0 Å². The number of anilines is 1. The van der Waals surface area contributed by atoms with E-state index in [2.05, 4.69) is 11.4 Å². The summed E-state index contributed by atoms with van der Waals surface area (Å²) in [4.78, 5) is 26.4. The fraction of sp³-hybridized carbons (Fsp3) is 0.417. The Morgan fingerprint density at radius 2 is 1.91 bits per heavy atom. The van der Waals surface area contributed by atoms with Crippen LogP contribution in [-0.4, -0.2) is 44.2 Å². The first-order valence-corrected chi connectivity index (χ1v) is 12.4. The van der Waals surface area contributed by atoms with Gasteiger partial charge >= 0.3 is 0 Å². The summed E-state index contributed by atoms with van der Waals surface area (Å²) in [5.41, 5.74) is 3.92. The van der Waals surface area contributed by atoms with E-state index in [-0.39, 0.29) is 35.3 Å². The number of benzene rings is 2. The van der Waals surface area contributed by atoms with Crippen LogP contribution in [0.25, 0.3) is 0 Å². The monoisotopic (exact) mass is 455 g/mol. The van der Waals surface area contributed by atoms with Gasteiger partial charge in [0.1, 0.15) is 0 Å². The average Bonchev–Trinajstić information content (AvgIpc) is 3.09. The predicted octanol–water partition coefficient (Wildman–Crippen LogP) is 2.80. The predicted molar refractivity (Wildman–Crippen MR) is 123 cm³/mol. The number of hydrogen-bond donors (Lipinski definition) is 1. The van der Waals surface area contributed by atoms with E-state index in [0.29, 0.717) is 6.42 Å². The van der Waals surface area contributed by atoms with Crippen molar-refractivity contribution in [1.29, 1.82) is 0 Å². The second kappa shape index (κ2) is 8.67. The molecule has 2 atom stereocenters. The molecule has 1 aliphatic carbocycles. The molecule has 1 N–H and O–H groups in total. The lowest BCUT2D eigenvalue weighted by molar-refractivity contribution is -0.122. The number of hydrogen-bond acceptors (Lipinski definition) is 4. The molecule has 8 heteroatoms. The summed E-state index contributed by atoms with van der Waals surface area (Å²) in [6.45, 7) is 3.19. The van der Waals surface area contributed by atoms with E-state index < -0.39 is 10.0 Å². The molecule has 0 spiro atoms. The summed E-state index contributed by atoms with van der Waals surface area (Å²) < 4.78 is 27.3. The molecule has 170 valence electrons. The minimum absolute atomic E-state index is 0.0117. The highest BCUT2D eigenvalue weighted by molar-refractivity contribution is 7.89. The summed E-state index contributed by atoms with van der Waals surface area (Å²) in [6.07, 6.45) is 3.42. The summed E-state index contributed by atoms with van der Waals surface area (Å²) >= 11 is 0. The maximum Gasteiger partial charge on any atom is 0.243 e. The van der Waals surface area contributed by atoms with E-state index in [1.54, 1.807) is 17.0 Å². The molecule has 2 aromatic rings. The lowest BCUT2D eigenvalue weighted by atomic mass is 9.88. The van der Waals surface area contributed by atoms with Crippen LogP contribution < -0.4 is 10.2 Å². The number of fused-ring (bicyclic) bond motifs is 2. The van der Waals surface area contributed by atoms with Crippen LogP contribution in [0.1, 0.15) is 49.4 Å². The quantitative estimate of drug-likeness (QED) is 0.751. The maximum absolute atomic E-state index is 13.1. The molecule has 1 aliphatic heterocycles. The Labute approximate surface area is 189 Å². The van der Waals surface area contributed by atoms with Crippen LogP contribution in [0.2, 0.25) is 0 Å². The van der Waals surface area contributed by atoms with Crippen LogP contribution in [-0.2, 0) is 32.5 Å². The van der Waals surface area contributed by atoms with Gasteiger partial charge in [0.25, 0.3) is 0 Å². The Hall–Kier alpha value is -2.71. The van der Waals surface area contributed by atoms with Crippen molar-refractivity contribution in [3.63, 3.8) is 0 Å². The van der Waals surface area contributed by atoms with Gasteiger partial charge in [-0.2, -0.15) is 4.31 Å². The molecule has 0 saturated carbocycles. The van der Waals surface area contributed by atoms with Crippen molar-refractivity contribution in [2.75, 3.05) is 18.5 Å². The zero-order valence-electron chi connectivity index (χ0n) is 18.7. The number of sulfonamides is 1. The Morgan fingerprint density at radius 3 is 2.66 bits per heavy atom. The Kier molecular flexibility index (Phi) is 6.09. The molecule has 2 aromatic carbocycles. The number of rotatable bonds is 5. The maximum atomic E-state index is 13.1. The third kappa shape index (κ3) is 4.17. The standard InChI is InChI=1S/C24H29N3O4S/c1-16-13-19-14-20(11-12-23(19)27(16)17(2)28)32(30,31)26(3)15-24(29)25-22-10-6-8-18-7-4-5-9-21(18)22/h4-5,7,9,11-12,14,16,22H,6,8,10,13,15H2,1-3H3,(H,25,29)/t16-,22-/m0/s1. The molecule has 0 bridgehead atoms. The lowest BCUT2D eigenvalue weighted by Gasteiger charge is -2.27. The highest BCUT2D eigenvalue weighted by Gasteiger charge is 2.32. The van der Waals surface area contributed by atoms with E-state index in [1.807, 2.05) is 25.1 Å². The highest BCUT2D eigenvalue weighted by atomic mass is 32.2. The number of carbonyl (C=O) groups excluding carboxylic acids is 2. The Morgan fingerprint density at radius 1 is 1.16 bits per heavy atom. The third-order valence-electron chi connectivity index (χ3n) is 6.38. The third-order valence-corrected chi connectivity index (χ3v) is 8.18. The zero-order valence-corrected chi connectivity index (χ0v) is 19.5. The van der Waals surface area contributed by atoms with Gasteiger partial charge in [0.05, 0.1) is 17.5 Å². The Balaban J connectivity index is 1.47. The molecule has 0 aromatic heterocycles. The lowest BCUT2D eigenvalue weighted by Crippen LogP contribution is -2.40. The van der Waals surface area contributed by atoms with Crippen molar-refractivity contribution in [2.45, 2.75) is 56.5 Å². The molecule has 4 rings (SSSR count). The first-order chi connectivity index (χ1) is 15.2. The summed E-state index contributed by atoms with van der Waals surface area (Å²) in [6, 6.07) is 12.8. The van der Waals surface area contributed by atoms with E-state index in [1.165, 1.54) is 25.6 Å². The van der Waals surface area contributed by atoms with Crippen molar-refractivity contribution in [2.24, 2.45) is 0 Å². The van der Waals surface area contributed by atoms with Gasteiger partial charge < -0.3 is 10.2 Å². The van der Waals surface area contributed by atoms with E-state index in [4.69, 9.17) is 0 Å². The van der Waals surface area contributed by atoms with E-state index in [9.17, 15) is 18.0 Å². The topological polar surface area (TPSA) is 86.8 Å². The molecule has 1 heterocycles. The first kappa shape index (κ1) is 22.5. The van der Waals surface area contributed by atoms with Crippen molar-refractivity contribution in [3.8, 4) is 0 Å². The number of nitrogens with zero attached hydrogens (tertiary/aromatic N) is 2. The van der Waals surface area contributed by atoms with Crippen molar-refractivity contribution >= 4 is 27.5 Å². The van der Waals surface area contributed by atoms with Gasteiger partial charge in [0.15, 0.2) is 0 Å². The van der Waals surface area contributed by atoms with Gasteiger partial charge in [0.2, 0.25) is 21.8 Å². The van der Waals surface area contributed by atoms with Crippen LogP contribution in [0.5, 0.6) is 0 Å². The van der Waals surface area contributed by atoms with Gasteiger partial charge in [-0.1, -0.05) is 24.3 Å². The van der Waals surface area contributed by atoms with Crippen LogP contribution in [0.3, 0.4) is 0 Å². The van der Waals surface area contributed by atoms with Crippen molar-refractivity contribution in [3.05, 3.63) is 59.2 Å². The minimum atomic E-state index is -3.84. The number of aryl methyl sites for hydroxylation is 1. The van der Waals surface area contributed by atoms with E-state index in [0.717, 1.165) is 40.4 Å². The average molecular weight is 456 g/mol. The van der Waals surface area contributed by atoms with E-state index >= 15 is 0 Å². The first-order valence-electron chi connectivity index (χ1n) is 10.9. The van der Waals surface area contributed by atoms with Gasteiger partial charge in [-0.05, 0) is 67.5 Å². The Bertz CT molecular complexity index is 1160. The SMILES string of the molecule is CC(=O)N1c2ccc(S(=O)(=O)N(C)CC(=O)N[C@H]3CCCc4ccccc43)cc2C[C@@H]1C. The smallest absolute Gasteiger partial charge is 0.243 e. The normalized spacial score (nSPS) is 20.1. The second-order valence-corrected chi connectivity index (χ2v) is 10.7. The molecule has 0 radical (unpaired) electrons. The molecular weight excluding hydrogens is 426 g/mol. The molecule has 0 fully saturated rings. The number of amides is 2. The molecule has 7 nitrogen and oxygen atoms in total. The second-order valence-electron chi connectivity index (χ2n) is 8.70. The van der Waals surface area contributed by atoms with Gasteiger partial charge in [-0.15, -0.1) is 0 Å². The molecule has 0 unspecified atom stereocenters. The van der Waals surface area contributed by atoms with Crippen LogP contribution in [0.15, 0.2) is 47.4 Å². The molecular formula is C24H29N3O4S. The largest absolute Gasteiger partial charge is 0.348 e. The fourth-order valence-electron chi connectivity index (χ4n) is 4.86. The van der Waals surface area contributed by atoms with Crippen LogP contribution >= 0.6 is 0 Å². The summed E-state index contributed by atoms with van der Waals surface area (Å²) in [5.74, 6) is -0.389. The van der Waals surface area contributed by atoms with Gasteiger partial charge in [-0.3, -0.25) is 9.59 Å². The fourth-order valence-corrected chi connectivity index (χ4v) is 6.04. The van der Waals surface area contributed by atoms with Gasteiger partial charge in [0, 0.05) is 25.7 Å². The molecule has 32 heavy (non-hydrogen) atoms. The number of likely N-dealkylation sites (N-methyl/N-ethyl adjacent to an activating group) is 1. The zero-order chi connectivity index (χ0) is 23.0. The minimum Gasteiger partial charge on any atom is -0.348 e. The number of nitrogens with one attached hydrogen (secondary N) is 1. The van der Waals surface area contributed by atoms with Crippen LogP contribution in [0, 0.1) is 0 Å². The van der Waals surface area contributed by atoms with Crippen molar-refractivity contribution in [1.82, 2.24) is 9.62 Å². The molecule has 2 amide bonds. The summed E-state index contributed by atoms with van der Waals surface area (Å²) in [7, 11) is -2.42. The molecule has 0 saturated heterocycles. The van der Waals surface area contributed by atoms with Crippen LogP contribution in [0.4, 0.5) is 5.69 Å². The van der Waals surface area contributed by atoms with Gasteiger partial charge in [-0.25, -0.2) is 8.42 Å². The number of carbonyl (C=O) groups is 2. The molecule has 2 aliphatic rings.